The van der Waals surface area contributed by atoms with Gasteiger partial charge in [-0.25, -0.2) is 8.78 Å². The molecule has 1 aromatic rings. The molecule has 94 valence electrons. The van der Waals surface area contributed by atoms with Crippen LogP contribution in [0.5, 0.6) is 0 Å². The van der Waals surface area contributed by atoms with Crippen LogP contribution in [0.4, 0.5) is 8.78 Å². The van der Waals surface area contributed by atoms with E-state index in [1.54, 1.807) is 6.07 Å². The van der Waals surface area contributed by atoms with Gasteiger partial charge < -0.3 is 0 Å². The Morgan fingerprint density at radius 3 is 2.76 bits per heavy atom. The SMILES string of the molecule is FC(F)c1cccc(CNOC2CCCC2)c1. The molecule has 2 nitrogen and oxygen atoms in total. The van der Waals surface area contributed by atoms with Crippen molar-refractivity contribution >= 4 is 0 Å². The Morgan fingerprint density at radius 2 is 2.06 bits per heavy atom. The molecule has 2 rings (SSSR count). The molecule has 0 saturated heterocycles. The number of hydroxylamine groups is 1. The van der Waals surface area contributed by atoms with Crippen molar-refractivity contribution in [1.29, 1.82) is 0 Å². The summed E-state index contributed by atoms with van der Waals surface area (Å²) in [6, 6.07) is 6.41. The molecular formula is C13H17F2NO. The summed E-state index contributed by atoms with van der Waals surface area (Å²) >= 11 is 0. The first-order valence-electron chi connectivity index (χ1n) is 6.01. The van der Waals surface area contributed by atoms with Gasteiger partial charge in [-0.15, -0.1) is 0 Å². The number of alkyl halides is 2. The molecule has 0 aromatic heterocycles. The average Bonchev–Trinajstić information content (AvgIpc) is 2.82. The summed E-state index contributed by atoms with van der Waals surface area (Å²) in [5.74, 6) is 0. The quantitative estimate of drug-likeness (QED) is 0.795. The smallest absolute Gasteiger partial charge is 0.263 e. The maximum absolute atomic E-state index is 12.5. The van der Waals surface area contributed by atoms with E-state index in [0.29, 0.717) is 6.54 Å². The van der Waals surface area contributed by atoms with Crippen LogP contribution in [-0.4, -0.2) is 6.10 Å². The van der Waals surface area contributed by atoms with E-state index in [1.165, 1.54) is 25.0 Å². The Hall–Kier alpha value is -1.00. The average molecular weight is 241 g/mol. The minimum atomic E-state index is -2.41. The topological polar surface area (TPSA) is 21.3 Å². The lowest BCUT2D eigenvalue weighted by Gasteiger charge is -2.12. The summed E-state index contributed by atoms with van der Waals surface area (Å²) in [7, 11) is 0. The summed E-state index contributed by atoms with van der Waals surface area (Å²) in [5, 5.41) is 0. The van der Waals surface area contributed by atoms with Gasteiger partial charge in [-0.05, 0) is 24.5 Å². The Bertz CT molecular complexity index is 351. The lowest BCUT2D eigenvalue weighted by atomic mass is 10.1. The highest BCUT2D eigenvalue weighted by Crippen LogP contribution is 2.21. The zero-order valence-electron chi connectivity index (χ0n) is 9.66. The van der Waals surface area contributed by atoms with Crippen LogP contribution in [0.3, 0.4) is 0 Å². The van der Waals surface area contributed by atoms with Crippen molar-refractivity contribution in [3.8, 4) is 0 Å². The molecular weight excluding hydrogens is 224 g/mol. The van der Waals surface area contributed by atoms with E-state index in [4.69, 9.17) is 4.84 Å². The molecule has 1 aliphatic carbocycles. The van der Waals surface area contributed by atoms with Crippen LogP contribution in [0.2, 0.25) is 0 Å². The largest absolute Gasteiger partial charge is 0.298 e. The molecule has 1 aliphatic rings. The van der Waals surface area contributed by atoms with E-state index < -0.39 is 6.43 Å². The fourth-order valence-electron chi connectivity index (χ4n) is 2.09. The van der Waals surface area contributed by atoms with E-state index in [9.17, 15) is 8.78 Å². The first-order valence-corrected chi connectivity index (χ1v) is 6.01. The summed E-state index contributed by atoms with van der Waals surface area (Å²) in [6.45, 7) is 0.469. The Labute approximate surface area is 99.9 Å². The summed E-state index contributed by atoms with van der Waals surface area (Å²) < 4.78 is 24.9. The summed E-state index contributed by atoms with van der Waals surface area (Å²) in [5.41, 5.74) is 3.75. The molecule has 1 aromatic carbocycles. The third-order valence-electron chi connectivity index (χ3n) is 3.03. The Kier molecular flexibility index (Phi) is 4.45. The second kappa shape index (κ2) is 6.07. The molecule has 0 bridgehead atoms. The van der Waals surface area contributed by atoms with Gasteiger partial charge in [0.05, 0.1) is 6.10 Å². The van der Waals surface area contributed by atoms with E-state index in [0.717, 1.165) is 18.4 Å². The van der Waals surface area contributed by atoms with Crippen molar-refractivity contribution in [2.24, 2.45) is 0 Å². The van der Waals surface area contributed by atoms with Crippen LogP contribution < -0.4 is 5.48 Å². The molecule has 0 aliphatic heterocycles. The fourth-order valence-corrected chi connectivity index (χ4v) is 2.09. The molecule has 0 atom stereocenters. The van der Waals surface area contributed by atoms with Gasteiger partial charge in [0.15, 0.2) is 0 Å². The Balaban J connectivity index is 1.79. The van der Waals surface area contributed by atoms with E-state index >= 15 is 0 Å². The monoisotopic (exact) mass is 241 g/mol. The molecule has 17 heavy (non-hydrogen) atoms. The standard InChI is InChI=1S/C13H17F2NO/c14-13(15)11-5-3-4-10(8-11)9-16-17-12-6-1-2-7-12/h3-5,8,12-13,16H,1-2,6-7,9H2. The zero-order chi connectivity index (χ0) is 12.1. The van der Waals surface area contributed by atoms with E-state index in [2.05, 4.69) is 5.48 Å². The van der Waals surface area contributed by atoms with E-state index in [-0.39, 0.29) is 11.7 Å². The predicted octanol–water partition coefficient (Wildman–Crippen LogP) is 3.59. The fraction of sp³-hybridized carbons (Fsp3) is 0.538. The number of hydrogen-bond donors (Lipinski definition) is 1. The zero-order valence-corrected chi connectivity index (χ0v) is 9.66. The molecule has 0 radical (unpaired) electrons. The van der Waals surface area contributed by atoms with Crippen LogP contribution in [0.15, 0.2) is 24.3 Å². The Morgan fingerprint density at radius 1 is 1.29 bits per heavy atom. The van der Waals surface area contributed by atoms with Gasteiger partial charge in [0.1, 0.15) is 0 Å². The maximum Gasteiger partial charge on any atom is 0.263 e. The van der Waals surface area contributed by atoms with E-state index in [1.807, 2.05) is 6.07 Å². The summed E-state index contributed by atoms with van der Waals surface area (Å²) in [6.07, 6.45) is 2.48. The van der Waals surface area contributed by atoms with Crippen molar-refractivity contribution in [2.75, 3.05) is 0 Å². The number of hydrogen-bond acceptors (Lipinski definition) is 2. The molecule has 1 fully saturated rings. The number of halogens is 2. The van der Waals surface area contributed by atoms with Crippen LogP contribution in [-0.2, 0) is 11.4 Å². The predicted molar refractivity (Wildman–Crippen MR) is 61.6 cm³/mol. The molecule has 0 spiro atoms. The van der Waals surface area contributed by atoms with Crippen LogP contribution in [0.25, 0.3) is 0 Å². The van der Waals surface area contributed by atoms with Crippen molar-refractivity contribution < 1.29 is 13.6 Å². The third kappa shape index (κ3) is 3.75. The van der Waals surface area contributed by atoms with Crippen LogP contribution >= 0.6 is 0 Å². The summed E-state index contributed by atoms with van der Waals surface area (Å²) in [4.78, 5) is 5.47. The minimum absolute atomic E-state index is 0.0603. The highest BCUT2D eigenvalue weighted by molar-refractivity contribution is 5.24. The lowest BCUT2D eigenvalue weighted by Crippen LogP contribution is -2.21. The van der Waals surface area contributed by atoms with Crippen LogP contribution in [0, 0.1) is 0 Å². The minimum Gasteiger partial charge on any atom is -0.298 e. The van der Waals surface area contributed by atoms with Crippen molar-refractivity contribution in [3.05, 3.63) is 35.4 Å². The maximum atomic E-state index is 12.5. The second-order valence-electron chi connectivity index (χ2n) is 4.39. The molecule has 1 N–H and O–H groups in total. The van der Waals surface area contributed by atoms with Gasteiger partial charge in [0, 0.05) is 12.1 Å². The molecule has 1 saturated carbocycles. The van der Waals surface area contributed by atoms with Gasteiger partial charge in [0.2, 0.25) is 0 Å². The van der Waals surface area contributed by atoms with Gasteiger partial charge in [-0.1, -0.05) is 31.0 Å². The highest BCUT2D eigenvalue weighted by atomic mass is 19.3. The normalized spacial score (nSPS) is 16.9. The van der Waals surface area contributed by atoms with Gasteiger partial charge in [0.25, 0.3) is 6.43 Å². The van der Waals surface area contributed by atoms with Crippen molar-refractivity contribution in [1.82, 2.24) is 5.48 Å². The number of nitrogens with one attached hydrogen (secondary N) is 1. The van der Waals surface area contributed by atoms with Crippen LogP contribution in [0.1, 0.15) is 43.2 Å². The number of rotatable bonds is 5. The van der Waals surface area contributed by atoms with Crippen molar-refractivity contribution in [3.63, 3.8) is 0 Å². The third-order valence-corrected chi connectivity index (χ3v) is 3.03. The molecule has 0 unspecified atom stereocenters. The highest BCUT2D eigenvalue weighted by Gasteiger charge is 2.15. The number of benzene rings is 1. The van der Waals surface area contributed by atoms with Gasteiger partial charge >= 0.3 is 0 Å². The first-order chi connectivity index (χ1) is 8.25. The van der Waals surface area contributed by atoms with Gasteiger partial charge in [-0.2, -0.15) is 5.48 Å². The molecule has 4 heteroatoms. The molecule has 0 amide bonds. The lowest BCUT2D eigenvalue weighted by molar-refractivity contribution is -0.0244. The molecule has 0 heterocycles. The second-order valence-corrected chi connectivity index (χ2v) is 4.39. The first kappa shape index (κ1) is 12.5. The van der Waals surface area contributed by atoms with Gasteiger partial charge in [-0.3, -0.25) is 4.84 Å². The van der Waals surface area contributed by atoms with Crippen molar-refractivity contribution in [2.45, 2.75) is 44.8 Å².